The Kier molecular flexibility index (Phi) is 6.84. The molecule has 1 aliphatic heterocycles. The van der Waals surface area contributed by atoms with Crippen LogP contribution in [0, 0.1) is 0 Å². The summed E-state index contributed by atoms with van der Waals surface area (Å²) in [4.78, 5) is 11.5. The van der Waals surface area contributed by atoms with Crippen LogP contribution < -0.4 is 0 Å². The molecule has 0 aliphatic carbocycles. The Morgan fingerprint density at radius 1 is 1.47 bits per heavy atom. The molecular formula is C12H20O5. The smallest absolute Gasteiger partial charge is 0.333 e. The second-order valence-electron chi connectivity index (χ2n) is 3.93. The lowest BCUT2D eigenvalue weighted by molar-refractivity contribution is -0.141. The third-order valence-electron chi connectivity index (χ3n) is 2.52. The van der Waals surface area contributed by atoms with Crippen molar-refractivity contribution in [1.29, 1.82) is 0 Å². The van der Waals surface area contributed by atoms with Gasteiger partial charge in [-0.3, -0.25) is 0 Å². The number of carbonyl (C=O) groups is 1. The lowest BCUT2D eigenvalue weighted by atomic mass is 10.1. The maximum Gasteiger partial charge on any atom is 0.333 e. The molecule has 1 fully saturated rings. The summed E-state index contributed by atoms with van der Waals surface area (Å²) in [5.74, 6) is -0.360. The summed E-state index contributed by atoms with van der Waals surface area (Å²) < 4.78 is 15.1. The molecule has 98 valence electrons. The number of ether oxygens (including phenoxy) is 3. The largest absolute Gasteiger partial charge is 0.460 e. The standard InChI is InChI=1S/C12H20O5/c1-10(8-11-4-2-3-5-16-11)12(14)17-7-6-15-9-13/h8,11,13H,2-7,9H2,1H3/b10-8+. The number of rotatable bonds is 6. The van der Waals surface area contributed by atoms with Gasteiger partial charge in [-0.1, -0.05) is 0 Å². The van der Waals surface area contributed by atoms with Gasteiger partial charge in [0, 0.05) is 12.2 Å². The molecule has 0 saturated carbocycles. The Labute approximate surface area is 101 Å². The predicted molar refractivity (Wildman–Crippen MR) is 61.3 cm³/mol. The van der Waals surface area contributed by atoms with Crippen LogP contribution in [-0.2, 0) is 19.0 Å². The monoisotopic (exact) mass is 244 g/mol. The summed E-state index contributed by atoms with van der Waals surface area (Å²) >= 11 is 0. The van der Waals surface area contributed by atoms with E-state index in [0.717, 1.165) is 25.9 Å². The molecule has 0 radical (unpaired) electrons. The zero-order valence-corrected chi connectivity index (χ0v) is 10.2. The number of hydrogen-bond donors (Lipinski definition) is 1. The number of hydrogen-bond acceptors (Lipinski definition) is 5. The first-order valence-corrected chi connectivity index (χ1v) is 5.90. The van der Waals surface area contributed by atoms with Crippen LogP contribution in [0.2, 0.25) is 0 Å². The minimum atomic E-state index is -0.360. The highest BCUT2D eigenvalue weighted by atomic mass is 16.6. The van der Waals surface area contributed by atoms with Gasteiger partial charge in [-0.2, -0.15) is 0 Å². The van der Waals surface area contributed by atoms with Crippen molar-refractivity contribution < 1.29 is 24.1 Å². The highest BCUT2D eigenvalue weighted by Gasteiger charge is 2.14. The number of carbonyl (C=O) groups excluding carboxylic acids is 1. The second-order valence-corrected chi connectivity index (χ2v) is 3.93. The van der Waals surface area contributed by atoms with Crippen molar-refractivity contribution in [2.45, 2.75) is 32.3 Å². The van der Waals surface area contributed by atoms with E-state index in [1.54, 1.807) is 6.92 Å². The van der Waals surface area contributed by atoms with E-state index in [-0.39, 0.29) is 32.1 Å². The highest BCUT2D eigenvalue weighted by Crippen LogP contribution is 2.15. The zero-order chi connectivity index (χ0) is 12.5. The van der Waals surface area contributed by atoms with Crippen LogP contribution in [0.15, 0.2) is 11.6 Å². The molecule has 0 bridgehead atoms. The Hall–Kier alpha value is -0.910. The molecule has 1 rings (SSSR count). The Balaban J connectivity index is 2.26. The van der Waals surface area contributed by atoms with E-state index in [1.807, 2.05) is 6.08 Å². The summed E-state index contributed by atoms with van der Waals surface area (Å²) in [6, 6.07) is 0. The molecule has 1 unspecified atom stereocenters. The zero-order valence-electron chi connectivity index (χ0n) is 10.2. The fourth-order valence-electron chi connectivity index (χ4n) is 1.62. The molecular weight excluding hydrogens is 224 g/mol. The maximum atomic E-state index is 11.5. The van der Waals surface area contributed by atoms with E-state index >= 15 is 0 Å². The quantitative estimate of drug-likeness (QED) is 0.327. The number of aliphatic hydroxyl groups is 1. The minimum absolute atomic E-state index is 0.0324. The molecule has 0 aromatic rings. The fraction of sp³-hybridized carbons (Fsp3) is 0.750. The first kappa shape index (κ1) is 14.2. The van der Waals surface area contributed by atoms with Gasteiger partial charge < -0.3 is 19.3 Å². The summed E-state index contributed by atoms with van der Waals surface area (Å²) in [5, 5.41) is 8.37. The van der Waals surface area contributed by atoms with Crippen molar-refractivity contribution in [3.05, 3.63) is 11.6 Å². The third kappa shape index (κ3) is 5.81. The van der Waals surface area contributed by atoms with E-state index in [0.29, 0.717) is 5.57 Å². The van der Waals surface area contributed by atoms with Gasteiger partial charge in [0.15, 0.2) is 0 Å². The van der Waals surface area contributed by atoms with Gasteiger partial charge in [-0.05, 0) is 32.3 Å². The summed E-state index contributed by atoms with van der Waals surface area (Å²) in [5.41, 5.74) is 0.556. The topological polar surface area (TPSA) is 65.0 Å². The average Bonchev–Trinajstić information content (AvgIpc) is 2.35. The number of esters is 1. The van der Waals surface area contributed by atoms with Crippen LogP contribution in [0.1, 0.15) is 26.2 Å². The van der Waals surface area contributed by atoms with Gasteiger partial charge in [0.25, 0.3) is 0 Å². The number of aliphatic hydroxyl groups excluding tert-OH is 1. The van der Waals surface area contributed by atoms with E-state index in [4.69, 9.17) is 14.6 Å². The van der Waals surface area contributed by atoms with Crippen LogP contribution in [0.3, 0.4) is 0 Å². The van der Waals surface area contributed by atoms with Crippen LogP contribution in [-0.4, -0.2) is 43.8 Å². The second kappa shape index (κ2) is 8.22. The Morgan fingerprint density at radius 2 is 2.29 bits per heavy atom. The highest BCUT2D eigenvalue weighted by molar-refractivity contribution is 5.87. The molecule has 1 atom stereocenters. The minimum Gasteiger partial charge on any atom is -0.460 e. The summed E-state index contributed by atoms with van der Waals surface area (Å²) in [7, 11) is 0. The molecule has 5 nitrogen and oxygen atoms in total. The Bertz CT molecular complexity index is 256. The Morgan fingerprint density at radius 3 is 2.94 bits per heavy atom. The lowest BCUT2D eigenvalue weighted by Crippen LogP contribution is -2.19. The first-order chi connectivity index (χ1) is 8.24. The molecule has 17 heavy (non-hydrogen) atoms. The van der Waals surface area contributed by atoms with E-state index in [2.05, 4.69) is 4.74 Å². The molecule has 0 amide bonds. The van der Waals surface area contributed by atoms with Crippen LogP contribution in [0.5, 0.6) is 0 Å². The summed E-state index contributed by atoms with van der Waals surface area (Å²) in [6.07, 6.45) is 5.03. The fourth-order valence-corrected chi connectivity index (χ4v) is 1.62. The van der Waals surface area contributed by atoms with E-state index < -0.39 is 0 Å². The lowest BCUT2D eigenvalue weighted by Gasteiger charge is -2.19. The molecule has 0 aromatic carbocycles. The van der Waals surface area contributed by atoms with Crippen molar-refractivity contribution in [3.8, 4) is 0 Å². The van der Waals surface area contributed by atoms with E-state index in [1.165, 1.54) is 0 Å². The predicted octanol–water partition coefficient (Wildman–Crippen LogP) is 1.01. The maximum absolute atomic E-state index is 11.5. The van der Waals surface area contributed by atoms with Crippen LogP contribution in [0.4, 0.5) is 0 Å². The molecule has 0 aromatic heterocycles. The molecule has 1 heterocycles. The van der Waals surface area contributed by atoms with Crippen molar-refractivity contribution >= 4 is 5.97 Å². The van der Waals surface area contributed by atoms with Gasteiger partial charge >= 0.3 is 5.97 Å². The third-order valence-corrected chi connectivity index (χ3v) is 2.52. The van der Waals surface area contributed by atoms with Crippen molar-refractivity contribution in [1.82, 2.24) is 0 Å². The van der Waals surface area contributed by atoms with Gasteiger partial charge in [-0.25, -0.2) is 4.79 Å². The van der Waals surface area contributed by atoms with Crippen molar-refractivity contribution in [2.24, 2.45) is 0 Å². The summed E-state index contributed by atoms with van der Waals surface area (Å²) in [6.45, 7) is 2.47. The average molecular weight is 244 g/mol. The molecule has 1 N–H and O–H groups in total. The van der Waals surface area contributed by atoms with Crippen molar-refractivity contribution in [2.75, 3.05) is 26.6 Å². The molecule has 0 spiro atoms. The van der Waals surface area contributed by atoms with Crippen LogP contribution in [0.25, 0.3) is 0 Å². The normalized spacial score (nSPS) is 21.3. The van der Waals surface area contributed by atoms with Gasteiger partial charge in [0.05, 0.1) is 12.7 Å². The molecule has 5 heteroatoms. The van der Waals surface area contributed by atoms with Gasteiger partial charge in [0.1, 0.15) is 13.4 Å². The van der Waals surface area contributed by atoms with Gasteiger partial charge in [-0.15, -0.1) is 0 Å². The first-order valence-electron chi connectivity index (χ1n) is 5.90. The van der Waals surface area contributed by atoms with Crippen LogP contribution >= 0.6 is 0 Å². The molecule has 1 saturated heterocycles. The molecule has 1 aliphatic rings. The van der Waals surface area contributed by atoms with Gasteiger partial charge in [0.2, 0.25) is 0 Å². The SMILES string of the molecule is C/C(=C\C1CCCCO1)C(=O)OCCOCO. The van der Waals surface area contributed by atoms with E-state index in [9.17, 15) is 4.79 Å². The van der Waals surface area contributed by atoms with Crippen molar-refractivity contribution in [3.63, 3.8) is 0 Å².